The first kappa shape index (κ1) is 21.7. The molecule has 7 heteroatoms. The molecule has 0 aliphatic heterocycles. The SMILES string of the molecule is COCCOc1ccc(NC(=O)CC2(CN)CCCCC2)cc1F.Cl. The van der Waals surface area contributed by atoms with Gasteiger partial charge in [-0.15, -0.1) is 12.4 Å². The highest BCUT2D eigenvalue weighted by Gasteiger charge is 2.32. The molecule has 3 N–H and O–H groups in total. The number of ether oxygens (including phenoxy) is 2. The van der Waals surface area contributed by atoms with Gasteiger partial charge < -0.3 is 20.5 Å². The maximum Gasteiger partial charge on any atom is 0.224 e. The van der Waals surface area contributed by atoms with E-state index in [0.717, 1.165) is 25.7 Å². The Morgan fingerprint density at radius 1 is 1.28 bits per heavy atom. The summed E-state index contributed by atoms with van der Waals surface area (Å²) in [5.41, 5.74) is 6.24. The van der Waals surface area contributed by atoms with E-state index in [1.807, 2.05) is 0 Å². The molecule has 0 saturated heterocycles. The molecule has 0 bridgehead atoms. The Morgan fingerprint density at radius 2 is 2.00 bits per heavy atom. The lowest BCUT2D eigenvalue weighted by Crippen LogP contribution is -2.36. The number of rotatable bonds is 8. The molecule has 25 heavy (non-hydrogen) atoms. The van der Waals surface area contributed by atoms with Crippen molar-refractivity contribution < 1.29 is 18.7 Å². The molecule has 0 heterocycles. The van der Waals surface area contributed by atoms with Gasteiger partial charge in [0.05, 0.1) is 6.61 Å². The molecule has 0 unspecified atom stereocenters. The Morgan fingerprint density at radius 3 is 2.60 bits per heavy atom. The van der Waals surface area contributed by atoms with Crippen LogP contribution in [-0.2, 0) is 9.53 Å². The van der Waals surface area contributed by atoms with Crippen LogP contribution in [0.4, 0.5) is 10.1 Å². The normalized spacial score (nSPS) is 16.0. The van der Waals surface area contributed by atoms with Crippen LogP contribution >= 0.6 is 12.4 Å². The number of amides is 1. The summed E-state index contributed by atoms with van der Waals surface area (Å²) in [6.45, 7) is 1.18. The molecule has 1 aromatic rings. The van der Waals surface area contributed by atoms with Crippen molar-refractivity contribution in [3.8, 4) is 5.75 Å². The van der Waals surface area contributed by atoms with Crippen LogP contribution in [0.1, 0.15) is 38.5 Å². The molecular formula is C18H28ClFN2O3. The molecule has 5 nitrogen and oxygen atoms in total. The van der Waals surface area contributed by atoms with Crippen LogP contribution in [0.3, 0.4) is 0 Å². The standard InChI is InChI=1S/C18H27FN2O3.ClH/c1-23-9-10-24-16-6-5-14(11-15(16)19)21-17(22)12-18(13-20)7-3-2-4-8-18;/h5-6,11H,2-4,7-10,12-13,20H2,1H3,(H,21,22);1H. The number of nitrogens with one attached hydrogen (secondary N) is 1. The molecule has 1 aliphatic rings. The molecule has 142 valence electrons. The molecule has 0 atom stereocenters. The van der Waals surface area contributed by atoms with E-state index in [0.29, 0.717) is 25.3 Å². The monoisotopic (exact) mass is 374 g/mol. The lowest BCUT2D eigenvalue weighted by atomic mass is 9.71. The van der Waals surface area contributed by atoms with Crippen molar-refractivity contribution in [2.24, 2.45) is 11.1 Å². The minimum absolute atomic E-state index is 0. The summed E-state index contributed by atoms with van der Waals surface area (Å²) < 4.78 is 24.1. The highest BCUT2D eigenvalue weighted by Crippen LogP contribution is 2.38. The number of benzene rings is 1. The quantitative estimate of drug-likeness (QED) is 0.683. The zero-order valence-electron chi connectivity index (χ0n) is 14.7. The number of hydrogen-bond acceptors (Lipinski definition) is 4. The van der Waals surface area contributed by atoms with Gasteiger partial charge in [0, 0.05) is 25.3 Å². The van der Waals surface area contributed by atoms with Crippen molar-refractivity contribution in [3.05, 3.63) is 24.0 Å². The summed E-state index contributed by atoms with van der Waals surface area (Å²) in [6.07, 6.45) is 5.80. The van der Waals surface area contributed by atoms with Crippen LogP contribution < -0.4 is 15.8 Å². The minimum atomic E-state index is -0.505. The molecule has 1 saturated carbocycles. The molecule has 0 radical (unpaired) electrons. The van der Waals surface area contributed by atoms with Gasteiger partial charge in [-0.2, -0.15) is 0 Å². The van der Waals surface area contributed by atoms with Gasteiger partial charge in [0.1, 0.15) is 6.61 Å². The fourth-order valence-electron chi connectivity index (χ4n) is 3.23. The van der Waals surface area contributed by atoms with E-state index in [9.17, 15) is 9.18 Å². The Balaban J connectivity index is 0.00000312. The highest BCUT2D eigenvalue weighted by molar-refractivity contribution is 5.91. The topological polar surface area (TPSA) is 73.6 Å². The third-order valence-electron chi connectivity index (χ3n) is 4.64. The predicted octanol–water partition coefficient (Wildman–Crippen LogP) is 3.51. The zero-order chi connectivity index (χ0) is 17.4. The van der Waals surface area contributed by atoms with E-state index in [1.54, 1.807) is 13.2 Å². The van der Waals surface area contributed by atoms with Crippen molar-refractivity contribution in [1.82, 2.24) is 0 Å². The average molecular weight is 375 g/mol. The second-order valence-corrected chi connectivity index (χ2v) is 6.48. The summed E-state index contributed by atoms with van der Waals surface area (Å²) in [6, 6.07) is 4.43. The Labute approximate surface area is 154 Å². The maximum atomic E-state index is 14.0. The number of carbonyl (C=O) groups excluding carboxylic acids is 1. The van der Waals surface area contributed by atoms with Crippen molar-refractivity contribution in [1.29, 1.82) is 0 Å². The summed E-state index contributed by atoms with van der Waals surface area (Å²) in [7, 11) is 1.55. The fraction of sp³-hybridized carbons (Fsp3) is 0.611. The first-order valence-corrected chi connectivity index (χ1v) is 8.50. The van der Waals surface area contributed by atoms with Gasteiger partial charge in [0.25, 0.3) is 0 Å². The van der Waals surface area contributed by atoms with Crippen LogP contribution in [0.2, 0.25) is 0 Å². The number of methoxy groups -OCH3 is 1. The first-order valence-electron chi connectivity index (χ1n) is 8.50. The number of carbonyl (C=O) groups is 1. The first-order chi connectivity index (χ1) is 11.6. The predicted molar refractivity (Wildman–Crippen MR) is 98.8 cm³/mol. The van der Waals surface area contributed by atoms with Crippen LogP contribution in [0.25, 0.3) is 0 Å². The van der Waals surface area contributed by atoms with Crippen molar-refractivity contribution >= 4 is 24.0 Å². The Bertz CT molecular complexity index is 551. The van der Waals surface area contributed by atoms with Gasteiger partial charge in [-0.05, 0) is 36.9 Å². The summed E-state index contributed by atoms with van der Waals surface area (Å²) in [5.74, 6) is -0.472. The number of halogens is 2. The number of nitrogens with two attached hydrogens (primary N) is 1. The third kappa shape index (κ3) is 6.45. The molecule has 2 rings (SSSR count). The molecule has 0 aromatic heterocycles. The Hall–Kier alpha value is -1.37. The van der Waals surface area contributed by atoms with E-state index >= 15 is 0 Å². The second kappa shape index (κ2) is 10.6. The lowest BCUT2D eigenvalue weighted by molar-refractivity contribution is -0.118. The van der Waals surface area contributed by atoms with Crippen LogP contribution in [-0.4, -0.2) is 32.8 Å². The van der Waals surface area contributed by atoms with Gasteiger partial charge in [-0.1, -0.05) is 19.3 Å². The summed E-state index contributed by atoms with van der Waals surface area (Å²) in [4.78, 5) is 12.3. The summed E-state index contributed by atoms with van der Waals surface area (Å²) >= 11 is 0. The third-order valence-corrected chi connectivity index (χ3v) is 4.64. The van der Waals surface area contributed by atoms with E-state index in [-0.39, 0.29) is 36.1 Å². The number of hydrogen-bond donors (Lipinski definition) is 2. The molecule has 1 aromatic carbocycles. The molecule has 0 spiro atoms. The van der Waals surface area contributed by atoms with E-state index < -0.39 is 5.82 Å². The van der Waals surface area contributed by atoms with Gasteiger partial charge in [-0.3, -0.25) is 4.79 Å². The van der Waals surface area contributed by atoms with Gasteiger partial charge >= 0.3 is 0 Å². The summed E-state index contributed by atoms with van der Waals surface area (Å²) in [5, 5.41) is 2.77. The van der Waals surface area contributed by atoms with Crippen LogP contribution in [0, 0.1) is 11.2 Å². The van der Waals surface area contributed by atoms with Crippen molar-refractivity contribution in [3.63, 3.8) is 0 Å². The van der Waals surface area contributed by atoms with Gasteiger partial charge in [0.2, 0.25) is 5.91 Å². The van der Waals surface area contributed by atoms with Gasteiger partial charge in [0.15, 0.2) is 11.6 Å². The maximum absolute atomic E-state index is 14.0. The van der Waals surface area contributed by atoms with Gasteiger partial charge in [-0.25, -0.2) is 4.39 Å². The number of anilines is 1. The van der Waals surface area contributed by atoms with E-state index in [1.165, 1.54) is 18.6 Å². The smallest absolute Gasteiger partial charge is 0.224 e. The van der Waals surface area contributed by atoms with Crippen molar-refractivity contribution in [2.45, 2.75) is 38.5 Å². The zero-order valence-corrected chi connectivity index (χ0v) is 15.5. The molecule has 1 amide bonds. The molecular weight excluding hydrogens is 347 g/mol. The molecule has 1 fully saturated rings. The Kier molecular flexibility index (Phi) is 9.17. The second-order valence-electron chi connectivity index (χ2n) is 6.48. The average Bonchev–Trinajstić information content (AvgIpc) is 2.57. The fourth-order valence-corrected chi connectivity index (χ4v) is 3.23. The minimum Gasteiger partial charge on any atom is -0.488 e. The van der Waals surface area contributed by atoms with E-state index in [4.69, 9.17) is 15.2 Å². The van der Waals surface area contributed by atoms with Crippen molar-refractivity contribution in [2.75, 3.05) is 32.2 Å². The molecule has 1 aliphatic carbocycles. The van der Waals surface area contributed by atoms with Crippen LogP contribution in [0.15, 0.2) is 18.2 Å². The largest absolute Gasteiger partial charge is 0.488 e. The van der Waals surface area contributed by atoms with E-state index in [2.05, 4.69) is 5.32 Å². The highest BCUT2D eigenvalue weighted by atomic mass is 35.5. The lowest BCUT2D eigenvalue weighted by Gasteiger charge is -2.35. The van der Waals surface area contributed by atoms with Crippen LogP contribution in [0.5, 0.6) is 5.75 Å².